The molecule has 0 aromatic heterocycles. The largest absolute Gasteiger partial charge is 0.367 e. The Morgan fingerprint density at radius 1 is 1.75 bits per heavy atom. The monoisotopic (exact) mass is 203 g/mol. The third kappa shape index (κ3) is 2.18. The van der Waals surface area contributed by atoms with Crippen LogP contribution in [0.1, 0.15) is 0 Å². The first-order valence-electron chi connectivity index (χ1n) is 3.31. The fraction of sp³-hybridized carbons (Fsp3) is 0.500. The van der Waals surface area contributed by atoms with Crippen LogP contribution in [0.2, 0.25) is 0 Å². The maximum absolute atomic E-state index is 11.1. The lowest BCUT2D eigenvalue weighted by atomic mass is 10.7. The SMILES string of the molecule is CN(C)C=NN1C(=O)CSC1=S. The van der Waals surface area contributed by atoms with Crippen molar-refractivity contribution in [2.75, 3.05) is 19.8 Å². The average molecular weight is 203 g/mol. The van der Waals surface area contributed by atoms with E-state index in [0.29, 0.717) is 10.1 Å². The Hall–Kier alpha value is -0.620. The first kappa shape index (κ1) is 9.47. The van der Waals surface area contributed by atoms with Crippen molar-refractivity contribution in [3.8, 4) is 0 Å². The molecule has 0 spiro atoms. The van der Waals surface area contributed by atoms with E-state index >= 15 is 0 Å². The van der Waals surface area contributed by atoms with Crippen LogP contribution in [0.15, 0.2) is 5.10 Å². The van der Waals surface area contributed by atoms with E-state index in [0.717, 1.165) is 0 Å². The standard InChI is InChI=1S/C6H9N3OS2/c1-8(2)4-7-9-5(10)3-12-6(9)11/h4H,3H2,1-2H3. The molecule has 0 unspecified atom stereocenters. The van der Waals surface area contributed by atoms with Crippen molar-refractivity contribution in [1.82, 2.24) is 9.91 Å². The van der Waals surface area contributed by atoms with Crippen LogP contribution in [0.25, 0.3) is 0 Å². The summed E-state index contributed by atoms with van der Waals surface area (Å²) in [7, 11) is 3.67. The number of thioether (sulfide) groups is 1. The van der Waals surface area contributed by atoms with E-state index in [1.165, 1.54) is 16.8 Å². The topological polar surface area (TPSA) is 35.9 Å². The predicted octanol–water partition coefficient (Wildman–Crippen LogP) is 0.352. The summed E-state index contributed by atoms with van der Waals surface area (Å²) in [6.45, 7) is 0. The van der Waals surface area contributed by atoms with Crippen molar-refractivity contribution in [3.63, 3.8) is 0 Å². The molecule has 1 aliphatic heterocycles. The minimum Gasteiger partial charge on any atom is -0.367 e. The molecule has 66 valence electrons. The van der Waals surface area contributed by atoms with Gasteiger partial charge in [0.15, 0.2) is 4.32 Å². The number of hydrogen-bond acceptors (Lipinski definition) is 4. The highest BCUT2D eigenvalue weighted by Crippen LogP contribution is 2.18. The van der Waals surface area contributed by atoms with Crippen LogP contribution in [-0.2, 0) is 4.79 Å². The van der Waals surface area contributed by atoms with Crippen molar-refractivity contribution in [1.29, 1.82) is 0 Å². The summed E-state index contributed by atoms with van der Waals surface area (Å²) in [5, 5.41) is 5.16. The Morgan fingerprint density at radius 2 is 2.42 bits per heavy atom. The molecule has 0 atom stereocenters. The molecule has 12 heavy (non-hydrogen) atoms. The molecule has 0 saturated carbocycles. The quantitative estimate of drug-likeness (QED) is 0.369. The maximum Gasteiger partial charge on any atom is 0.259 e. The van der Waals surface area contributed by atoms with Crippen LogP contribution < -0.4 is 0 Å². The van der Waals surface area contributed by atoms with Gasteiger partial charge in [-0.1, -0.05) is 24.0 Å². The van der Waals surface area contributed by atoms with E-state index < -0.39 is 0 Å². The Kier molecular flexibility index (Phi) is 3.05. The van der Waals surface area contributed by atoms with Gasteiger partial charge in [-0.15, -0.1) is 0 Å². The molecule has 1 heterocycles. The van der Waals surface area contributed by atoms with Gasteiger partial charge in [-0.05, 0) is 0 Å². The van der Waals surface area contributed by atoms with Crippen molar-refractivity contribution in [3.05, 3.63) is 0 Å². The van der Waals surface area contributed by atoms with Gasteiger partial charge in [0.1, 0.15) is 6.34 Å². The maximum atomic E-state index is 11.1. The molecule has 1 amide bonds. The molecule has 4 nitrogen and oxygen atoms in total. The normalized spacial score (nSPS) is 18.0. The molecule has 1 fully saturated rings. The first-order valence-corrected chi connectivity index (χ1v) is 4.71. The number of nitrogens with zero attached hydrogens (tertiary/aromatic N) is 3. The molecule has 0 aromatic carbocycles. The van der Waals surface area contributed by atoms with Crippen LogP contribution in [0, 0.1) is 0 Å². The smallest absolute Gasteiger partial charge is 0.259 e. The number of rotatable bonds is 2. The summed E-state index contributed by atoms with van der Waals surface area (Å²) in [4.78, 5) is 12.8. The minimum absolute atomic E-state index is 0.0527. The predicted molar refractivity (Wildman–Crippen MR) is 54.1 cm³/mol. The molecule has 0 aliphatic carbocycles. The molecular weight excluding hydrogens is 194 g/mol. The molecule has 1 rings (SSSR count). The Balaban J connectivity index is 2.62. The molecule has 1 saturated heterocycles. The van der Waals surface area contributed by atoms with Gasteiger partial charge < -0.3 is 4.90 Å². The van der Waals surface area contributed by atoms with Crippen LogP contribution in [0.5, 0.6) is 0 Å². The summed E-state index contributed by atoms with van der Waals surface area (Å²) in [5.41, 5.74) is 0. The number of thiocarbonyl (C=S) groups is 1. The van der Waals surface area contributed by atoms with E-state index in [1.807, 2.05) is 14.1 Å². The van der Waals surface area contributed by atoms with Crippen LogP contribution >= 0.6 is 24.0 Å². The van der Waals surface area contributed by atoms with Gasteiger partial charge in [0.2, 0.25) is 0 Å². The number of hydrazone groups is 1. The molecule has 1 aliphatic rings. The van der Waals surface area contributed by atoms with Crippen LogP contribution in [-0.4, -0.2) is 46.3 Å². The highest BCUT2D eigenvalue weighted by atomic mass is 32.2. The molecule has 0 N–H and O–H groups in total. The van der Waals surface area contributed by atoms with Gasteiger partial charge in [0, 0.05) is 14.1 Å². The van der Waals surface area contributed by atoms with Crippen molar-refractivity contribution < 1.29 is 4.79 Å². The first-order chi connectivity index (χ1) is 5.61. The van der Waals surface area contributed by atoms with E-state index in [4.69, 9.17) is 12.2 Å². The van der Waals surface area contributed by atoms with Crippen molar-refractivity contribution >= 4 is 40.5 Å². The summed E-state index contributed by atoms with van der Waals surface area (Å²) in [5.74, 6) is 0.354. The lowest BCUT2D eigenvalue weighted by molar-refractivity contribution is -0.124. The van der Waals surface area contributed by atoms with Crippen molar-refractivity contribution in [2.45, 2.75) is 0 Å². The number of amides is 1. The number of carbonyl (C=O) groups excluding carboxylic acids is 1. The van der Waals surface area contributed by atoms with Crippen molar-refractivity contribution in [2.24, 2.45) is 5.10 Å². The third-order valence-electron chi connectivity index (χ3n) is 1.13. The molecule has 0 aromatic rings. The summed E-state index contributed by atoms with van der Waals surface area (Å²) < 4.78 is 0.526. The molecule has 0 bridgehead atoms. The van der Waals surface area contributed by atoms with Gasteiger partial charge in [-0.2, -0.15) is 10.1 Å². The zero-order chi connectivity index (χ0) is 9.14. The number of carbonyl (C=O) groups is 1. The Labute approximate surface area is 80.6 Å². The van der Waals surface area contributed by atoms with E-state index in [1.54, 1.807) is 11.2 Å². The second-order valence-electron chi connectivity index (χ2n) is 2.45. The lowest BCUT2D eigenvalue weighted by Crippen LogP contribution is -2.24. The summed E-state index contributed by atoms with van der Waals surface area (Å²) >= 11 is 6.25. The highest BCUT2D eigenvalue weighted by Gasteiger charge is 2.25. The van der Waals surface area contributed by atoms with E-state index in [9.17, 15) is 4.79 Å². The minimum atomic E-state index is -0.0527. The average Bonchev–Trinajstić information content (AvgIpc) is 2.28. The zero-order valence-corrected chi connectivity index (χ0v) is 8.48. The molecule has 0 radical (unpaired) electrons. The van der Waals surface area contributed by atoms with E-state index in [-0.39, 0.29) is 5.91 Å². The van der Waals surface area contributed by atoms with Gasteiger partial charge in [0.25, 0.3) is 5.91 Å². The summed E-state index contributed by atoms with van der Waals surface area (Å²) in [6.07, 6.45) is 1.55. The second-order valence-corrected chi connectivity index (χ2v) is 4.06. The zero-order valence-electron chi connectivity index (χ0n) is 6.85. The van der Waals surface area contributed by atoms with Gasteiger partial charge in [0.05, 0.1) is 5.75 Å². The Morgan fingerprint density at radius 3 is 2.83 bits per heavy atom. The number of hydrogen-bond donors (Lipinski definition) is 0. The fourth-order valence-electron chi connectivity index (χ4n) is 0.614. The van der Waals surface area contributed by atoms with Crippen LogP contribution in [0.4, 0.5) is 0 Å². The third-order valence-corrected chi connectivity index (χ3v) is 2.46. The lowest BCUT2D eigenvalue weighted by Gasteiger charge is -2.08. The highest BCUT2D eigenvalue weighted by molar-refractivity contribution is 8.23. The second kappa shape index (κ2) is 3.86. The molecular formula is C6H9N3OS2. The van der Waals surface area contributed by atoms with Gasteiger partial charge in [-0.25, -0.2) is 0 Å². The fourth-order valence-corrected chi connectivity index (χ4v) is 1.58. The molecule has 6 heteroatoms. The van der Waals surface area contributed by atoms with Crippen LogP contribution in [0.3, 0.4) is 0 Å². The summed E-state index contributed by atoms with van der Waals surface area (Å²) in [6, 6.07) is 0. The van der Waals surface area contributed by atoms with Gasteiger partial charge in [-0.3, -0.25) is 4.79 Å². The Bertz CT molecular complexity index is 223. The van der Waals surface area contributed by atoms with Gasteiger partial charge >= 0.3 is 0 Å². The van der Waals surface area contributed by atoms with E-state index in [2.05, 4.69) is 5.10 Å².